The molecule has 0 unspecified atom stereocenters. The van der Waals surface area contributed by atoms with E-state index >= 15 is 0 Å². The van der Waals surface area contributed by atoms with E-state index in [1.54, 1.807) is 23.1 Å². The van der Waals surface area contributed by atoms with Gasteiger partial charge in [0.05, 0.1) is 12.2 Å². The lowest BCUT2D eigenvalue weighted by Crippen LogP contribution is -2.50. The first-order valence-corrected chi connectivity index (χ1v) is 10.6. The minimum absolute atomic E-state index is 0.110. The normalized spacial score (nSPS) is 20.8. The van der Waals surface area contributed by atoms with Gasteiger partial charge in [0.15, 0.2) is 4.87 Å². The van der Waals surface area contributed by atoms with E-state index in [-0.39, 0.29) is 30.1 Å². The number of thioether (sulfide) groups is 1. The maximum atomic E-state index is 14.2. The lowest BCUT2D eigenvalue weighted by molar-refractivity contribution is -0.140. The van der Waals surface area contributed by atoms with Gasteiger partial charge >= 0.3 is 0 Å². The molecule has 4 rings (SSSR count). The molecule has 2 heterocycles. The van der Waals surface area contributed by atoms with Crippen molar-refractivity contribution in [2.45, 2.75) is 31.7 Å². The van der Waals surface area contributed by atoms with Crippen LogP contribution in [0.4, 0.5) is 14.5 Å². The van der Waals surface area contributed by atoms with Gasteiger partial charge in [-0.3, -0.25) is 9.59 Å². The third-order valence-corrected chi connectivity index (χ3v) is 6.69. The van der Waals surface area contributed by atoms with Crippen molar-refractivity contribution in [3.63, 3.8) is 0 Å². The Morgan fingerprint density at radius 3 is 2.66 bits per heavy atom. The topological polar surface area (TPSA) is 40.6 Å². The first-order chi connectivity index (χ1) is 13.8. The summed E-state index contributed by atoms with van der Waals surface area (Å²) in [5.41, 5.74) is 1.70. The molecule has 1 spiro atoms. The number of rotatable bonds is 4. The average Bonchev–Trinajstić information content (AvgIpc) is 3.19. The SMILES string of the molecule is CC(C)CC(=O)N1CCS[C@]12C(=O)N(Cc1cccc(F)c1)c1ccc(F)cc12. The third-order valence-electron chi connectivity index (χ3n) is 5.27. The number of hydrogen-bond donors (Lipinski definition) is 0. The Kier molecular flexibility index (Phi) is 5.11. The highest BCUT2D eigenvalue weighted by Crippen LogP contribution is 2.54. The fraction of sp³-hybridized carbons (Fsp3) is 0.364. The summed E-state index contributed by atoms with van der Waals surface area (Å²) >= 11 is 1.37. The smallest absolute Gasteiger partial charge is 0.268 e. The second kappa shape index (κ2) is 7.44. The highest BCUT2D eigenvalue weighted by molar-refractivity contribution is 8.01. The number of anilines is 1. The van der Waals surface area contributed by atoms with E-state index in [4.69, 9.17) is 0 Å². The Morgan fingerprint density at radius 2 is 1.93 bits per heavy atom. The van der Waals surface area contributed by atoms with Gasteiger partial charge in [-0.15, -0.1) is 11.8 Å². The summed E-state index contributed by atoms with van der Waals surface area (Å²) in [6, 6.07) is 10.3. The van der Waals surface area contributed by atoms with E-state index in [0.29, 0.717) is 35.5 Å². The van der Waals surface area contributed by atoms with Gasteiger partial charge < -0.3 is 9.80 Å². The van der Waals surface area contributed by atoms with E-state index in [2.05, 4.69) is 0 Å². The van der Waals surface area contributed by atoms with Crippen LogP contribution in [0, 0.1) is 17.6 Å². The molecule has 0 N–H and O–H groups in total. The molecule has 152 valence electrons. The van der Waals surface area contributed by atoms with Gasteiger partial charge in [-0.05, 0) is 41.8 Å². The third kappa shape index (κ3) is 3.31. The van der Waals surface area contributed by atoms with Crippen molar-refractivity contribution in [1.82, 2.24) is 4.90 Å². The Bertz CT molecular complexity index is 981. The van der Waals surface area contributed by atoms with Crippen LogP contribution in [-0.2, 0) is 21.0 Å². The minimum Gasteiger partial charge on any atom is -0.315 e. The summed E-state index contributed by atoms with van der Waals surface area (Å²) in [6.45, 7) is 4.50. The molecule has 4 nitrogen and oxygen atoms in total. The minimum atomic E-state index is -1.25. The molecular formula is C22H22F2N2O2S. The van der Waals surface area contributed by atoms with Crippen LogP contribution in [-0.4, -0.2) is 29.0 Å². The first kappa shape index (κ1) is 19.9. The molecule has 2 aromatic rings. The zero-order chi connectivity index (χ0) is 20.8. The summed E-state index contributed by atoms with van der Waals surface area (Å²) < 4.78 is 27.8. The van der Waals surface area contributed by atoms with Gasteiger partial charge in [0.1, 0.15) is 11.6 Å². The van der Waals surface area contributed by atoms with Crippen LogP contribution in [0.5, 0.6) is 0 Å². The van der Waals surface area contributed by atoms with E-state index in [0.717, 1.165) is 0 Å². The molecule has 2 amide bonds. The van der Waals surface area contributed by atoms with Crippen LogP contribution >= 0.6 is 11.8 Å². The molecule has 2 aliphatic heterocycles. The summed E-state index contributed by atoms with van der Waals surface area (Å²) in [7, 11) is 0. The van der Waals surface area contributed by atoms with E-state index in [1.165, 1.54) is 40.9 Å². The number of carbonyl (C=O) groups excluding carboxylic acids is 2. The molecule has 7 heteroatoms. The summed E-state index contributed by atoms with van der Waals surface area (Å²) in [4.78, 5) is 28.5. The second-order valence-electron chi connectivity index (χ2n) is 7.82. The van der Waals surface area contributed by atoms with Crippen LogP contribution in [0.15, 0.2) is 42.5 Å². The molecule has 2 aliphatic rings. The maximum absolute atomic E-state index is 14.2. The van der Waals surface area contributed by atoms with Gasteiger partial charge in [-0.2, -0.15) is 0 Å². The van der Waals surface area contributed by atoms with Crippen LogP contribution in [0.1, 0.15) is 31.4 Å². The van der Waals surface area contributed by atoms with Crippen molar-refractivity contribution >= 4 is 29.3 Å². The van der Waals surface area contributed by atoms with Gasteiger partial charge in [-0.25, -0.2) is 8.78 Å². The molecule has 1 atom stereocenters. The van der Waals surface area contributed by atoms with Crippen molar-refractivity contribution in [3.05, 3.63) is 65.2 Å². The number of amides is 2. The van der Waals surface area contributed by atoms with Crippen molar-refractivity contribution in [1.29, 1.82) is 0 Å². The average molecular weight is 416 g/mol. The lowest BCUT2D eigenvalue weighted by Gasteiger charge is -2.33. The van der Waals surface area contributed by atoms with Crippen LogP contribution < -0.4 is 4.90 Å². The molecule has 0 saturated carbocycles. The number of fused-ring (bicyclic) bond motifs is 2. The fourth-order valence-corrected chi connectivity index (χ4v) is 5.55. The largest absolute Gasteiger partial charge is 0.315 e. The predicted molar refractivity (Wildman–Crippen MR) is 109 cm³/mol. The molecule has 0 aliphatic carbocycles. The number of carbonyl (C=O) groups is 2. The molecular weight excluding hydrogens is 394 g/mol. The molecule has 0 aromatic heterocycles. The van der Waals surface area contributed by atoms with Crippen LogP contribution in [0.3, 0.4) is 0 Å². The number of nitrogens with zero attached hydrogens (tertiary/aromatic N) is 2. The van der Waals surface area contributed by atoms with Crippen molar-refractivity contribution in [2.75, 3.05) is 17.2 Å². The Labute approximate surface area is 172 Å². The molecule has 1 saturated heterocycles. The number of hydrogen-bond acceptors (Lipinski definition) is 3. The maximum Gasteiger partial charge on any atom is 0.268 e. The van der Waals surface area contributed by atoms with Gasteiger partial charge in [-0.1, -0.05) is 26.0 Å². The number of halogens is 2. The summed E-state index contributed by atoms with van der Waals surface area (Å²) in [5.74, 6) is -0.473. The molecule has 1 fully saturated rings. The second-order valence-corrected chi connectivity index (χ2v) is 9.11. The quantitative estimate of drug-likeness (QED) is 0.747. The fourth-order valence-electron chi connectivity index (χ4n) is 4.08. The lowest BCUT2D eigenvalue weighted by atomic mass is 10.0. The highest BCUT2D eigenvalue weighted by atomic mass is 32.2. The monoisotopic (exact) mass is 416 g/mol. The highest BCUT2D eigenvalue weighted by Gasteiger charge is 2.59. The van der Waals surface area contributed by atoms with Gasteiger partial charge in [0.25, 0.3) is 5.91 Å². The number of benzene rings is 2. The molecule has 29 heavy (non-hydrogen) atoms. The van der Waals surface area contributed by atoms with Crippen molar-refractivity contribution in [2.24, 2.45) is 5.92 Å². The molecule has 2 aromatic carbocycles. The van der Waals surface area contributed by atoms with Crippen molar-refractivity contribution in [3.8, 4) is 0 Å². The Morgan fingerprint density at radius 1 is 1.17 bits per heavy atom. The van der Waals surface area contributed by atoms with Gasteiger partial charge in [0.2, 0.25) is 5.91 Å². The van der Waals surface area contributed by atoms with E-state index in [1.807, 2.05) is 13.8 Å². The zero-order valence-corrected chi connectivity index (χ0v) is 17.1. The predicted octanol–water partition coefficient (Wildman–Crippen LogP) is 4.29. The Hall–Kier alpha value is -2.41. The first-order valence-electron chi connectivity index (χ1n) is 9.64. The standard InChI is InChI=1S/C22H22F2N2O2S/c1-14(2)10-20(27)26-8-9-29-22(26)18-12-17(24)6-7-19(18)25(21(22)28)13-15-4-3-5-16(23)11-15/h3-7,11-12,14H,8-10,13H2,1-2H3/t22-/m1/s1. The summed E-state index contributed by atoms with van der Waals surface area (Å²) in [5, 5.41) is 0. The van der Waals surface area contributed by atoms with Gasteiger partial charge in [0, 0.05) is 24.3 Å². The van der Waals surface area contributed by atoms with Crippen LogP contribution in [0.25, 0.3) is 0 Å². The zero-order valence-electron chi connectivity index (χ0n) is 16.3. The van der Waals surface area contributed by atoms with Crippen molar-refractivity contribution < 1.29 is 18.4 Å². The molecule has 0 bridgehead atoms. The van der Waals surface area contributed by atoms with E-state index in [9.17, 15) is 18.4 Å². The van der Waals surface area contributed by atoms with E-state index < -0.39 is 10.7 Å². The Balaban J connectivity index is 1.78. The summed E-state index contributed by atoms with van der Waals surface area (Å²) in [6.07, 6.45) is 0.324. The molecule has 0 radical (unpaired) electrons. The van der Waals surface area contributed by atoms with Crippen LogP contribution in [0.2, 0.25) is 0 Å².